The number of hydrogen-bond donors (Lipinski definition) is 2. The van der Waals surface area contributed by atoms with Crippen LogP contribution in [0, 0.1) is 12.3 Å². The Morgan fingerprint density at radius 3 is 3.07 bits per heavy atom. The Bertz CT molecular complexity index is 433. The third kappa shape index (κ3) is 2.96. The van der Waals surface area contributed by atoms with E-state index in [0.29, 0.717) is 0 Å². The van der Waals surface area contributed by atoms with Crippen molar-refractivity contribution in [2.75, 3.05) is 12.3 Å². The predicted octanol–water partition coefficient (Wildman–Crippen LogP) is 0.164. The van der Waals surface area contributed by atoms with E-state index >= 15 is 0 Å². The van der Waals surface area contributed by atoms with Gasteiger partial charge in [-0.25, -0.2) is 9.78 Å². The fourth-order valence-corrected chi connectivity index (χ4v) is 1.27. The number of rotatable bonds is 4. The van der Waals surface area contributed by atoms with Crippen LogP contribution >= 0.6 is 11.3 Å². The monoisotopic (exact) mass is 225 g/mol. The maximum absolute atomic E-state index is 10.8. The zero-order chi connectivity index (χ0) is 11.3. The maximum Gasteiger partial charge on any atom is 0.360 e. The lowest BCUT2D eigenvalue weighted by molar-refractivity contribution is -0.129. The molecular formula is C8H7N3O3S. The van der Waals surface area contributed by atoms with Crippen molar-refractivity contribution in [3.8, 4) is 12.3 Å². The predicted molar refractivity (Wildman–Crippen MR) is 55.5 cm³/mol. The van der Waals surface area contributed by atoms with Crippen molar-refractivity contribution in [2.45, 2.75) is 0 Å². The molecule has 6 nitrogen and oxygen atoms in total. The highest BCUT2D eigenvalue weighted by Gasteiger charge is 2.16. The van der Waals surface area contributed by atoms with Crippen molar-refractivity contribution >= 4 is 28.1 Å². The molecule has 0 unspecified atom stereocenters. The van der Waals surface area contributed by atoms with Crippen LogP contribution in [0.25, 0.3) is 0 Å². The lowest BCUT2D eigenvalue weighted by atomic mass is 10.3. The zero-order valence-electron chi connectivity index (χ0n) is 7.51. The van der Waals surface area contributed by atoms with Gasteiger partial charge < -0.3 is 15.7 Å². The van der Waals surface area contributed by atoms with Gasteiger partial charge in [0.25, 0.3) is 0 Å². The van der Waals surface area contributed by atoms with Crippen molar-refractivity contribution in [1.29, 1.82) is 0 Å². The van der Waals surface area contributed by atoms with Crippen LogP contribution in [-0.4, -0.2) is 28.4 Å². The van der Waals surface area contributed by atoms with E-state index in [2.05, 4.69) is 20.9 Å². The van der Waals surface area contributed by atoms with Gasteiger partial charge >= 0.3 is 5.97 Å². The first-order chi connectivity index (χ1) is 7.15. The van der Waals surface area contributed by atoms with Crippen molar-refractivity contribution in [1.82, 2.24) is 4.98 Å². The number of nitrogens with two attached hydrogens (primary N) is 1. The number of carbonyl (C=O) groups is 1. The molecule has 0 amide bonds. The molecule has 7 heteroatoms. The molecule has 1 heterocycles. The minimum atomic E-state index is -1.25. The fraction of sp³-hybridized carbons (Fsp3) is 0.125. The van der Waals surface area contributed by atoms with E-state index in [0.717, 1.165) is 11.3 Å². The number of carboxylic acids is 1. The van der Waals surface area contributed by atoms with Crippen molar-refractivity contribution in [3.63, 3.8) is 0 Å². The van der Waals surface area contributed by atoms with Crippen LogP contribution < -0.4 is 5.73 Å². The molecule has 0 spiro atoms. The van der Waals surface area contributed by atoms with Crippen molar-refractivity contribution in [2.24, 2.45) is 5.16 Å². The van der Waals surface area contributed by atoms with Gasteiger partial charge in [-0.05, 0) is 0 Å². The average Bonchev–Trinajstić information content (AvgIpc) is 2.59. The summed E-state index contributed by atoms with van der Waals surface area (Å²) in [5.74, 6) is 0.901. The number of nitrogen functional groups attached to an aromatic ring is 1. The van der Waals surface area contributed by atoms with Crippen LogP contribution in [0.15, 0.2) is 10.5 Å². The van der Waals surface area contributed by atoms with Gasteiger partial charge in [0.15, 0.2) is 11.7 Å². The van der Waals surface area contributed by atoms with E-state index in [1.54, 1.807) is 0 Å². The first-order valence-electron chi connectivity index (χ1n) is 3.73. The summed E-state index contributed by atoms with van der Waals surface area (Å²) in [6.45, 7) is -0.101. The lowest BCUT2D eigenvalue weighted by Crippen LogP contribution is -2.15. The molecular weight excluding hydrogens is 218 g/mol. The van der Waals surface area contributed by atoms with Crippen molar-refractivity contribution in [3.05, 3.63) is 11.1 Å². The second-order valence-electron chi connectivity index (χ2n) is 2.29. The molecule has 15 heavy (non-hydrogen) atoms. The van der Waals surface area contributed by atoms with Gasteiger partial charge in [0.1, 0.15) is 5.69 Å². The molecule has 0 radical (unpaired) electrons. The molecule has 0 aliphatic heterocycles. The van der Waals surface area contributed by atoms with Crippen molar-refractivity contribution < 1.29 is 14.7 Å². The van der Waals surface area contributed by atoms with E-state index in [-0.39, 0.29) is 23.1 Å². The largest absolute Gasteiger partial charge is 0.476 e. The Hall–Kier alpha value is -2.07. The molecule has 78 valence electrons. The van der Waals surface area contributed by atoms with E-state index in [4.69, 9.17) is 17.3 Å². The fourth-order valence-electron chi connectivity index (χ4n) is 0.726. The minimum absolute atomic E-state index is 0.101. The summed E-state index contributed by atoms with van der Waals surface area (Å²) in [7, 11) is 0. The molecule has 1 aromatic heterocycles. The molecule has 0 saturated heterocycles. The van der Waals surface area contributed by atoms with E-state index in [1.165, 1.54) is 5.38 Å². The zero-order valence-corrected chi connectivity index (χ0v) is 8.32. The Balaban J connectivity index is 2.89. The number of terminal acetylenes is 1. The Morgan fingerprint density at radius 2 is 2.60 bits per heavy atom. The molecule has 1 aromatic rings. The molecule has 0 aromatic carbocycles. The highest BCUT2D eigenvalue weighted by atomic mass is 32.1. The molecule has 1 rings (SSSR count). The van der Waals surface area contributed by atoms with Gasteiger partial charge in [-0.1, -0.05) is 11.1 Å². The molecule has 0 aliphatic carbocycles. The van der Waals surface area contributed by atoms with Crippen LogP contribution in [0.3, 0.4) is 0 Å². The number of hydrogen-bond acceptors (Lipinski definition) is 6. The van der Waals surface area contributed by atoms with Crippen LogP contribution in [-0.2, 0) is 9.63 Å². The Labute approximate surface area is 89.4 Å². The standard InChI is InChI=1S/C8H7N3O3S/c1-2-3-14-11-6(7(12)13)5-4-15-8(9)10-5/h1,4H,3H2,(H2,9,10)(H,12,13)/b11-6+. The van der Waals surface area contributed by atoms with Gasteiger partial charge in [-0.15, -0.1) is 17.8 Å². The quantitative estimate of drug-likeness (QED) is 0.329. The van der Waals surface area contributed by atoms with Gasteiger partial charge in [0.2, 0.25) is 5.71 Å². The number of oxime groups is 1. The number of aliphatic carboxylic acids is 1. The minimum Gasteiger partial charge on any atom is -0.476 e. The second kappa shape index (κ2) is 4.97. The van der Waals surface area contributed by atoms with Crippen LogP contribution in [0.1, 0.15) is 5.69 Å². The van der Waals surface area contributed by atoms with E-state index in [1.807, 2.05) is 0 Å². The molecule has 0 fully saturated rings. The lowest BCUT2D eigenvalue weighted by Gasteiger charge is -1.96. The summed E-state index contributed by atoms with van der Waals surface area (Å²) in [6.07, 6.45) is 4.91. The topological polar surface area (TPSA) is 97.8 Å². The van der Waals surface area contributed by atoms with E-state index < -0.39 is 5.97 Å². The molecule has 0 atom stereocenters. The molecule has 3 N–H and O–H groups in total. The van der Waals surface area contributed by atoms with Gasteiger partial charge in [0, 0.05) is 5.38 Å². The SMILES string of the molecule is C#CCO/N=C(/C(=O)O)c1csc(N)n1. The summed E-state index contributed by atoms with van der Waals surface area (Å²) in [4.78, 5) is 19.1. The highest BCUT2D eigenvalue weighted by Crippen LogP contribution is 2.12. The van der Waals surface area contributed by atoms with Gasteiger partial charge in [-0.3, -0.25) is 0 Å². The van der Waals surface area contributed by atoms with E-state index in [9.17, 15) is 4.79 Å². The number of thiazole rings is 1. The number of carboxylic acid groups (broad SMARTS) is 1. The Kier molecular flexibility index (Phi) is 3.65. The molecule has 0 bridgehead atoms. The first-order valence-corrected chi connectivity index (χ1v) is 4.61. The van der Waals surface area contributed by atoms with Crippen LogP contribution in [0.2, 0.25) is 0 Å². The van der Waals surface area contributed by atoms with Gasteiger partial charge in [0.05, 0.1) is 0 Å². The average molecular weight is 225 g/mol. The first kappa shape index (κ1) is 11.0. The summed E-state index contributed by atoms with van der Waals surface area (Å²) in [5.41, 5.74) is 5.19. The normalized spacial score (nSPS) is 10.7. The number of nitrogens with zero attached hydrogens (tertiary/aromatic N) is 2. The highest BCUT2D eigenvalue weighted by molar-refractivity contribution is 7.13. The third-order valence-corrected chi connectivity index (χ3v) is 1.94. The molecule has 0 aliphatic rings. The summed E-state index contributed by atoms with van der Waals surface area (Å²) in [5, 5.41) is 13.9. The summed E-state index contributed by atoms with van der Waals surface area (Å²) in [6, 6.07) is 0. The summed E-state index contributed by atoms with van der Waals surface area (Å²) < 4.78 is 0. The van der Waals surface area contributed by atoms with Crippen LogP contribution in [0.5, 0.6) is 0 Å². The second-order valence-corrected chi connectivity index (χ2v) is 3.18. The van der Waals surface area contributed by atoms with Gasteiger partial charge in [-0.2, -0.15) is 0 Å². The maximum atomic E-state index is 10.8. The van der Waals surface area contributed by atoms with Crippen LogP contribution in [0.4, 0.5) is 5.13 Å². The number of aromatic nitrogens is 1. The summed E-state index contributed by atoms with van der Waals surface area (Å²) >= 11 is 1.12. The molecule has 0 saturated carbocycles. The Morgan fingerprint density at radius 1 is 1.87 bits per heavy atom. The smallest absolute Gasteiger partial charge is 0.360 e. The third-order valence-electron chi connectivity index (χ3n) is 1.27. The number of anilines is 1.